The van der Waals surface area contributed by atoms with Crippen LogP contribution in [-0.4, -0.2) is 10.2 Å². The van der Waals surface area contributed by atoms with E-state index in [-0.39, 0.29) is 4.83 Å². The molecule has 1 atom stereocenters. The molecule has 2 rings (SSSR count). The molecule has 2 aromatic rings. The maximum Gasteiger partial charge on any atom is 0.147 e. The van der Waals surface area contributed by atoms with Gasteiger partial charge in [0.05, 0.1) is 16.5 Å². The number of nitrogens with zero attached hydrogens (tertiary/aromatic N) is 3. The fourth-order valence-corrected chi connectivity index (χ4v) is 2.62. The first-order valence-electron chi connectivity index (χ1n) is 5.22. The molecule has 0 saturated heterocycles. The van der Waals surface area contributed by atoms with Gasteiger partial charge < -0.3 is 0 Å². The lowest BCUT2D eigenvalue weighted by molar-refractivity contribution is 0.870. The summed E-state index contributed by atoms with van der Waals surface area (Å²) in [5.74, 6) is 0. The van der Waals surface area contributed by atoms with Crippen LogP contribution in [-0.2, 0) is 0 Å². The Balaban J connectivity index is 2.28. The first-order valence-corrected chi connectivity index (χ1v) is 6.95. The third-order valence-corrected chi connectivity index (χ3v) is 4.80. The molecule has 0 N–H and O–H groups in total. The van der Waals surface area contributed by atoms with Crippen molar-refractivity contribution in [2.75, 3.05) is 0 Å². The van der Waals surface area contributed by atoms with E-state index in [9.17, 15) is 0 Å². The van der Waals surface area contributed by atoms with Crippen LogP contribution in [0, 0.1) is 11.3 Å². The van der Waals surface area contributed by atoms with Gasteiger partial charge in [-0.25, -0.2) is 0 Å². The SMILES string of the molecule is CCC(Br)c1nnc(-c2ccc(C#N)cc2)s1. The van der Waals surface area contributed by atoms with Crippen molar-refractivity contribution in [2.45, 2.75) is 18.2 Å². The van der Waals surface area contributed by atoms with Gasteiger partial charge in [-0.1, -0.05) is 46.3 Å². The summed E-state index contributed by atoms with van der Waals surface area (Å²) in [5.41, 5.74) is 1.66. The highest BCUT2D eigenvalue weighted by Crippen LogP contribution is 2.32. The lowest BCUT2D eigenvalue weighted by Crippen LogP contribution is -1.84. The lowest BCUT2D eigenvalue weighted by atomic mass is 10.2. The first-order chi connectivity index (χ1) is 8.24. The van der Waals surface area contributed by atoms with Gasteiger partial charge in [-0.2, -0.15) is 5.26 Å². The number of nitriles is 1. The van der Waals surface area contributed by atoms with E-state index in [4.69, 9.17) is 5.26 Å². The molecule has 1 unspecified atom stereocenters. The number of halogens is 1. The molecule has 0 bridgehead atoms. The van der Waals surface area contributed by atoms with Crippen LogP contribution in [0.4, 0.5) is 0 Å². The van der Waals surface area contributed by atoms with Crippen molar-refractivity contribution >= 4 is 27.3 Å². The zero-order valence-electron chi connectivity index (χ0n) is 9.22. The molecule has 0 aliphatic carbocycles. The zero-order chi connectivity index (χ0) is 12.3. The molecule has 0 fully saturated rings. The molecule has 1 heterocycles. The van der Waals surface area contributed by atoms with E-state index in [2.05, 4.69) is 39.1 Å². The summed E-state index contributed by atoms with van der Waals surface area (Å²) in [6.07, 6.45) is 0.988. The van der Waals surface area contributed by atoms with E-state index in [1.165, 1.54) is 0 Å². The van der Waals surface area contributed by atoms with E-state index >= 15 is 0 Å². The van der Waals surface area contributed by atoms with E-state index < -0.39 is 0 Å². The highest BCUT2D eigenvalue weighted by Gasteiger charge is 2.12. The van der Waals surface area contributed by atoms with Crippen LogP contribution in [0.1, 0.15) is 28.7 Å². The molecule has 17 heavy (non-hydrogen) atoms. The summed E-state index contributed by atoms with van der Waals surface area (Å²) in [6, 6.07) is 9.49. The van der Waals surface area contributed by atoms with Gasteiger partial charge in [-0.3, -0.25) is 0 Å². The van der Waals surface area contributed by atoms with Crippen LogP contribution in [0.25, 0.3) is 10.6 Å². The van der Waals surface area contributed by atoms with Crippen molar-refractivity contribution in [3.8, 4) is 16.6 Å². The van der Waals surface area contributed by atoms with Crippen molar-refractivity contribution in [1.29, 1.82) is 5.26 Å². The Morgan fingerprint density at radius 3 is 2.65 bits per heavy atom. The minimum Gasteiger partial charge on any atom is -0.192 e. The molecule has 86 valence electrons. The minimum atomic E-state index is 0.270. The Bertz CT molecular complexity index is 542. The molecule has 1 aromatic carbocycles. The molecule has 0 amide bonds. The number of alkyl halides is 1. The summed E-state index contributed by atoms with van der Waals surface area (Å²) in [5, 5.41) is 18.9. The van der Waals surface area contributed by atoms with E-state index in [0.29, 0.717) is 5.56 Å². The maximum absolute atomic E-state index is 8.73. The highest BCUT2D eigenvalue weighted by molar-refractivity contribution is 9.09. The quantitative estimate of drug-likeness (QED) is 0.807. The number of rotatable bonds is 3. The van der Waals surface area contributed by atoms with Crippen molar-refractivity contribution in [2.24, 2.45) is 0 Å². The van der Waals surface area contributed by atoms with Gasteiger partial charge in [0.15, 0.2) is 0 Å². The largest absolute Gasteiger partial charge is 0.192 e. The summed E-state index contributed by atoms with van der Waals surface area (Å²) in [6.45, 7) is 2.10. The Labute approximate surface area is 112 Å². The number of aromatic nitrogens is 2. The normalized spacial score (nSPS) is 12.1. The molecule has 1 aromatic heterocycles. The Hall–Kier alpha value is -1.25. The average Bonchev–Trinajstić information content (AvgIpc) is 2.87. The number of hydrogen-bond donors (Lipinski definition) is 0. The molecule has 0 radical (unpaired) electrons. The van der Waals surface area contributed by atoms with Crippen LogP contribution in [0.15, 0.2) is 24.3 Å². The van der Waals surface area contributed by atoms with Gasteiger partial charge in [-0.05, 0) is 18.6 Å². The number of hydrogen-bond acceptors (Lipinski definition) is 4. The minimum absolute atomic E-state index is 0.270. The average molecular weight is 308 g/mol. The second-order valence-electron chi connectivity index (χ2n) is 3.51. The lowest BCUT2D eigenvalue weighted by Gasteiger charge is -1.98. The Morgan fingerprint density at radius 1 is 1.35 bits per heavy atom. The van der Waals surface area contributed by atoms with E-state index in [0.717, 1.165) is 22.0 Å². The van der Waals surface area contributed by atoms with Crippen LogP contribution < -0.4 is 0 Å². The first kappa shape index (κ1) is 12.2. The highest BCUT2D eigenvalue weighted by atomic mass is 79.9. The van der Waals surface area contributed by atoms with Gasteiger partial charge in [0.2, 0.25) is 0 Å². The van der Waals surface area contributed by atoms with Crippen LogP contribution in [0.3, 0.4) is 0 Å². The second kappa shape index (κ2) is 5.39. The topological polar surface area (TPSA) is 49.6 Å². The Kier molecular flexibility index (Phi) is 3.87. The molecular weight excluding hydrogens is 298 g/mol. The fourth-order valence-electron chi connectivity index (χ4n) is 1.34. The summed E-state index contributed by atoms with van der Waals surface area (Å²) in [4.78, 5) is 0.270. The predicted octanol–water partition coefficient (Wildman–Crippen LogP) is 3.92. The van der Waals surface area contributed by atoms with Gasteiger partial charge in [0.1, 0.15) is 10.0 Å². The van der Waals surface area contributed by atoms with Gasteiger partial charge in [0.25, 0.3) is 0 Å². The smallest absolute Gasteiger partial charge is 0.147 e. The van der Waals surface area contributed by atoms with Crippen molar-refractivity contribution < 1.29 is 0 Å². The molecule has 0 saturated carbocycles. The summed E-state index contributed by atoms with van der Waals surface area (Å²) >= 11 is 5.14. The van der Waals surface area contributed by atoms with Crippen LogP contribution >= 0.6 is 27.3 Å². The molecule has 3 nitrogen and oxygen atoms in total. The van der Waals surface area contributed by atoms with Gasteiger partial charge in [-0.15, -0.1) is 10.2 Å². The molecule has 0 spiro atoms. The molecular formula is C12H10BrN3S. The van der Waals surface area contributed by atoms with E-state index in [1.807, 2.05) is 12.1 Å². The fraction of sp³-hybridized carbons (Fsp3) is 0.250. The summed E-state index contributed by atoms with van der Waals surface area (Å²) < 4.78 is 0. The zero-order valence-corrected chi connectivity index (χ0v) is 11.6. The monoisotopic (exact) mass is 307 g/mol. The van der Waals surface area contributed by atoms with Crippen molar-refractivity contribution in [3.63, 3.8) is 0 Å². The van der Waals surface area contributed by atoms with Gasteiger partial charge >= 0.3 is 0 Å². The maximum atomic E-state index is 8.73. The number of benzene rings is 1. The van der Waals surface area contributed by atoms with E-state index in [1.54, 1.807) is 23.5 Å². The third-order valence-electron chi connectivity index (χ3n) is 2.33. The second-order valence-corrected chi connectivity index (χ2v) is 5.62. The Morgan fingerprint density at radius 2 is 2.06 bits per heavy atom. The van der Waals surface area contributed by atoms with Crippen molar-refractivity contribution in [3.05, 3.63) is 34.8 Å². The van der Waals surface area contributed by atoms with Crippen molar-refractivity contribution in [1.82, 2.24) is 10.2 Å². The molecule has 0 aliphatic heterocycles. The van der Waals surface area contributed by atoms with Crippen LogP contribution in [0.2, 0.25) is 0 Å². The predicted molar refractivity (Wildman–Crippen MR) is 72.0 cm³/mol. The summed E-state index contributed by atoms with van der Waals surface area (Å²) in [7, 11) is 0. The molecule has 5 heteroatoms. The standard InChI is InChI=1S/C12H10BrN3S/c1-2-10(13)12-16-15-11(17-12)9-5-3-8(7-14)4-6-9/h3-6,10H,2H2,1H3. The van der Waals surface area contributed by atoms with Crippen LogP contribution in [0.5, 0.6) is 0 Å². The third kappa shape index (κ3) is 2.71. The molecule has 0 aliphatic rings. The van der Waals surface area contributed by atoms with Gasteiger partial charge in [0, 0.05) is 5.56 Å².